The molecular weight excluding hydrogens is 287 g/mol. The van der Waals surface area contributed by atoms with E-state index in [1.807, 2.05) is 29.6 Å². The van der Waals surface area contributed by atoms with Gasteiger partial charge < -0.3 is 11.1 Å². The van der Waals surface area contributed by atoms with E-state index < -0.39 is 0 Å². The molecule has 3 N–H and O–H groups in total. The topological polar surface area (TPSA) is 38.0 Å². The molecule has 0 aliphatic rings. The Morgan fingerprint density at radius 1 is 1.28 bits per heavy atom. The summed E-state index contributed by atoms with van der Waals surface area (Å²) >= 11 is 13.6. The standard InChI is InChI=1S/C13H14Cl2N2S/c1-8(9-2-3-10(14)11(15)6-9)17-7-13-12(16)4-5-18-13/h2-6,8,17H,7,16H2,1H3. The van der Waals surface area contributed by atoms with Gasteiger partial charge in [0.2, 0.25) is 0 Å². The highest BCUT2D eigenvalue weighted by Gasteiger charge is 2.08. The van der Waals surface area contributed by atoms with Gasteiger partial charge in [0.05, 0.1) is 10.0 Å². The highest BCUT2D eigenvalue weighted by atomic mass is 35.5. The zero-order chi connectivity index (χ0) is 13.1. The molecule has 0 bridgehead atoms. The normalized spacial score (nSPS) is 12.6. The van der Waals surface area contributed by atoms with Crippen LogP contribution in [0.2, 0.25) is 10.0 Å². The van der Waals surface area contributed by atoms with E-state index in [0.29, 0.717) is 10.0 Å². The van der Waals surface area contributed by atoms with Crippen LogP contribution in [-0.2, 0) is 6.54 Å². The lowest BCUT2D eigenvalue weighted by Gasteiger charge is -2.14. The van der Waals surface area contributed by atoms with Crippen LogP contribution in [0, 0.1) is 0 Å². The molecule has 2 aromatic rings. The van der Waals surface area contributed by atoms with Gasteiger partial charge in [0.1, 0.15) is 0 Å². The van der Waals surface area contributed by atoms with Crippen LogP contribution >= 0.6 is 34.5 Å². The molecule has 1 atom stereocenters. The van der Waals surface area contributed by atoms with Gasteiger partial charge in [-0.2, -0.15) is 0 Å². The summed E-state index contributed by atoms with van der Waals surface area (Å²) in [4.78, 5) is 1.15. The summed E-state index contributed by atoms with van der Waals surface area (Å²) in [5, 5.41) is 6.57. The third kappa shape index (κ3) is 3.18. The van der Waals surface area contributed by atoms with Gasteiger partial charge >= 0.3 is 0 Å². The first-order chi connectivity index (χ1) is 8.58. The Balaban J connectivity index is 2.01. The molecule has 1 aromatic carbocycles. The van der Waals surface area contributed by atoms with Gasteiger partial charge in [-0.1, -0.05) is 29.3 Å². The van der Waals surface area contributed by atoms with Crippen molar-refractivity contribution >= 4 is 40.2 Å². The van der Waals surface area contributed by atoms with Gasteiger partial charge in [-0.05, 0) is 36.1 Å². The second-order valence-corrected chi connectivity index (χ2v) is 5.89. The van der Waals surface area contributed by atoms with Crippen molar-refractivity contribution in [3.05, 3.63) is 50.1 Å². The first-order valence-corrected chi connectivity index (χ1v) is 7.21. The van der Waals surface area contributed by atoms with E-state index in [-0.39, 0.29) is 6.04 Å². The fraction of sp³-hybridized carbons (Fsp3) is 0.231. The lowest BCUT2D eigenvalue weighted by atomic mass is 10.1. The molecule has 5 heteroatoms. The molecule has 0 fully saturated rings. The largest absolute Gasteiger partial charge is 0.398 e. The Labute approximate surface area is 121 Å². The third-order valence-electron chi connectivity index (χ3n) is 2.79. The number of nitrogens with two attached hydrogens (primary N) is 1. The Hall–Kier alpha value is -0.740. The molecule has 0 aliphatic heterocycles. The minimum Gasteiger partial charge on any atom is -0.398 e. The minimum absolute atomic E-state index is 0.196. The molecule has 18 heavy (non-hydrogen) atoms. The minimum atomic E-state index is 0.196. The van der Waals surface area contributed by atoms with Crippen molar-refractivity contribution in [3.8, 4) is 0 Å². The molecular formula is C13H14Cl2N2S. The molecule has 96 valence electrons. The van der Waals surface area contributed by atoms with E-state index >= 15 is 0 Å². The van der Waals surface area contributed by atoms with Crippen LogP contribution in [0.5, 0.6) is 0 Å². The lowest BCUT2D eigenvalue weighted by molar-refractivity contribution is 0.579. The van der Waals surface area contributed by atoms with Gasteiger partial charge in [0.25, 0.3) is 0 Å². The van der Waals surface area contributed by atoms with Gasteiger partial charge in [-0.15, -0.1) is 11.3 Å². The molecule has 0 saturated carbocycles. The maximum atomic E-state index is 6.01. The van der Waals surface area contributed by atoms with Crippen LogP contribution in [0.4, 0.5) is 5.69 Å². The molecule has 1 heterocycles. The van der Waals surface area contributed by atoms with Gasteiger partial charge in [-0.3, -0.25) is 0 Å². The summed E-state index contributed by atoms with van der Waals surface area (Å²) in [6.45, 7) is 2.84. The summed E-state index contributed by atoms with van der Waals surface area (Å²) in [6.07, 6.45) is 0. The molecule has 1 aromatic heterocycles. The number of halogens is 2. The maximum Gasteiger partial charge on any atom is 0.0595 e. The van der Waals surface area contributed by atoms with Crippen molar-refractivity contribution < 1.29 is 0 Å². The first kappa shape index (κ1) is 13.7. The number of rotatable bonds is 4. The second-order valence-electron chi connectivity index (χ2n) is 4.08. The maximum absolute atomic E-state index is 6.01. The predicted molar refractivity (Wildman–Crippen MR) is 80.4 cm³/mol. The molecule has 2 rings (SSSR count). The predicted octanol–water partition coefficient (Wildman–Crippen LogP) is 4.49. The van der Waals surface area contributed by atoms with E-state index in [1.165, 1.54) is 0 Å². The first-order valence-electron chi connectivity index (χ1n) is 5.58. The smallest absolute Gasteiger partial charge is 0.0595 e. The number of nitrogen functional groups attached to an aromatic ring is 1. The van der Waals surface area contributed by atoms with Crippen LogP contribution in [0.3, 0.4) is 0 Å². The zero-order valence-corrected chi connectivity index (χ0v) is 12.2. The summed E-state index contributed by atoms with van der Waals surface area (Å²) in [5.74, 6) is 0. The lowest BCUT2D eigenvalue weighted by Crippen LogP contribution is -2.18. The molecule has 0 saturated heterocycles. The summed E-state index contributed by atoms with van der Waals surface area (Å²) in [6, 6.07) is 7.80. The quantitative estimate of drug-likeness (QED) is 0.873. The summed E-state index contributed by atoms with van der Waals surface area (Å²) < 4.78 is 0. The van der Waals surface area contributed by atoms with Crippen LogP contribution in [0.15, 0.2) is 29.6 Å². The number of hydrogen-bond donors (Lipinski definition) is 2. The van der Waals surface area contributed by atoms with Crippen molar-refractivity contribution in [2.75, 3.05) is 5.73 Å². The fourth-order valence-electron chi connectivity index (χ4n) is 1.64. The van der Waals surface area contributed by atoms with Crippen LogP contribution in [0.25, 0.3) is 0 Å². The second kappa shape index (κ2) is 5.93. The fourth-order valence-corrected chi connectivity index (χ4v) is 2.70. The molecule has 2 nitrogen and oxygen atoms in total. The summed E-state index contributed by atoms with van der Waals surface area (Å²) in [5.41, 5.74) is 7.79. The average molecular weight is 301 g/mol. The van der Waals surface area contributed by atoms with E-state index in [9.17, 15) is 0 Å². The van der Waals surface area contributed by atoms with Gasteiger partial charge in [0.15, 0.2) is 0 Å². The third-order valence-corrected chi connectivity index (χ3v) is 4.47. The Morgan fingerprint density at radius 2 is 2.06 bits per heavy atom. The molecule has 0 radical (unpaired) electrons. The van der Waals surface area contributed by atoms with E-state index in [4.69, 9.17) is 28.9 Å². The van der Waals surface area contributed by atoms with E-state index in [0.717, 1.165) is 22.7 Å². The summed E-state index contributed by atoms with van der Waals surface area (Å²) in [7, 11) is 0. The van der Waals surface area contributed by atoms with Gasteiger partial charge in [0, 0.05) is 23.2 Å². The van der Waals surface area contributed by atoms with E-state index in [1.54, 1.807) is 11.3 Å². The highest BCUT2D eigenvalue weighted by molar-refractivity contribution is 7.10. The van der Waals surface area contributed by atoms with Crippen molar-refractivity contribution in [2.45, 2.75) is 19.5 Å². The monoisotopic (exact) mass is 300 g/mol. The highest BCUT2D eigenvalue weighted by Crippen LogP contribution is 2.26. The number of thiophene rings is 1. The van der Waals surface area contributed by atoms with Crippen molar-refractivity contribution in [1.82, 2.24) is 5.32 Å². The average Bonchev–Trinajstić information content (AvgIpc) is 2.75. The van der Waals surface area contributed by atoms with Gasteiger partial charge in [-0.25, -0.2) is 0 Å². The van der Waals surface area contributed by atoms with Crippen LogP contribution < -0.4 is 11.1 Å². The number of anilines is 1. The van der Waals surface area contributed by atoms with Crippen molar-refractivity contribution in [2.24, 2.45) is 0 Å². The number of benzene rings is 1. The van der Waals surface area contributed by atoms with Crippen molar-refractivity contribution in [3.63, 3.8) is 0 Å². The molecule has 0 amide bonds. The Bertz CT molecular complexity index is 540. The molecule has 0 spiro atoms. The molecule has 0 aliphatic carbocycles. The Kier molecular flexibility index (Phi) is 4.51. The SMILES string of the molecule is CC(NCc1sccc1N)c1ccc(Cl)c(Cl)c1. The van der Waals surface area contributed by atoms with E-state index in [2.05, 4.69) is 12.2 Å². The Morgan fingerprint density at radius 3 is 2.67 bits per heavy atom. The number of hydrogen-bond acceptors (Lipinski definition) is 3. The zero-order valence-electron chi connectivity index (χ0n) is 9.91. The molecule has 1 unspecified atom stereocenters. The van der Waals surface area contributed by atoms with Crippen LogP contribution in [0.1, 0.15) is 23.4 Å². The number of nitrogens with one attached hydrogen (secondary N) is 1. The van der Waals surface area contributed by atoms with Crippen LogP contribution in [-0.4, -0.2) is 0 Å². The van der Waals surface area contributed by atoms with Crippen molar-refractivity contribution in [1.29, 1.82) is 0 Å².